The first-order valence-electron chi connectivity index (χ1n) is 5.63. The third-order valence-electron chi connectivity index (χ3n) is 2.32. The minimum absolute atomic E-state index is 0.299. The molecule has 0 fully saturated rings. The third kappa shape index (κ3) is 4.26. The topological polar surface area (TPSA) is 90.3 Å². The predicted molar refractivity (Wildman–Crippen MR) is 72.0 cm³/mol. The number of anilines is 1. The standard InChI is InChI=1S/C12H15N3O3S/c1-3-14-12(16)9-15(19(2,17)18)11-6-4-5-10(7-11)8-13/h4-7H,3,9H2,1-2H3,(H,14,16). The Balaban J connectivity index is 3.11. The Morgan fingerprint density at radius 1 is 1.47 bits per heavy atom. The lowest BCUT2D eigenvalue weighted by atomic mass is 10.2. The Morgan fingerprint density at radius 2 is 2.16 bits per heavy atom. The van der Waals surface area contributed by atoms with Crippen LogP contribution in [-0.4, -0.2) is 33.7 Å². The van der Waals surface area contributed by atoms with Crippen LogP contribution < -0.4 is 9.62 Å². The SMILES string of the molecule is CCNC(=O)CN(c1cccc(C#N)c1)S(C)(=O)=O. The highest BCUT2D eigenvalue weighted by atomic mass is 32.2. The molecule has 7 heteroatoms. The predicted octanol–water partition coefficient (Wildman–Crippen LogP) is 0.460. The first kappa shape index (κ1) is 15.0. The smallest absolute Gasteiger partial charge is 0.240 e. The number of carbonyl (C=O) groups is 1. The average molecular weight is 281 g/mol. The molecule has 1 aromatic carbocycles. The number of carbonyl (C=O) groups excluding carboxylic acids is 1. The van der Waals surface area contributed by atoms with Crippen molar-refractivity contribution in [2.24, 2.45) is 0 Å². The number of likely N-dealkylation sites (N-methyl/N-ethyl adjacent to an activating group) is 1. The Kier molecular flexibility index (Phi) is 4.89. The molecule has 1 aromatic rings. The maximum Gasteiger partial charge on any atom is 0.240 e. The summed E-state index contributed by atoms with van der Waals surface area (Å²) < 4.78 is 24.4. The number of nitrogens with one attached hydrogen (secondary N) is 1. The van der Waals surface area contributed by atoms with E-state index in [2.05, 4.69) is 5.32 Å². The van der Waals surface area contributed by atoms with Gasteiger partial charge in [0.05, 0.1) is 23.6 Å². The summed E-state index contributed by atoms with van der Waals surface area (Å²) >= 11 is 0. The summed E-state index contributed by atoms with van der Waals surface area (Å²) in [6.45, 7) is 1.87. The van der Waals surface area contributed by atoms with Crippen molar-refractivity contribution in [2.75, 3.05) is 23.7 Å². The second-order valence-corrected chi connectivity index (χ2v) is 5.79. The lowest BCUT2D eigenvalue weighted by Crippen LogP contribution is -2.40. The molecule has 0 aliphatic rings. The molecule has 0 radical (unpaired) electrons. The fraction of sp³-hybridized carbons (Fsp3) is 0.333. The minimum Gasteiger partial charge on any atom is -0.355 e. The van der Waals surface area contributed by atoms with Gasteiger partial charge >= 0.3 is 0 Å². The van der Waals surface area contributed by atoms with E-state index < -0.39 is 15.9 Å². The summed E-state index contributed by atoms with van der Waals surface area (Å²) in [5, 5.41) is 11.4. The number of hydrogen-bond acceptors (Lipinski definition) is 4. The molecule has 0 aromatic heterocycles. The van der Waals surface area contributed by atoms with Gasteiger partial charge in [0, 0.05) is 6.54 Å². The Labute approximate surface area is 112 Å². The maximum absolute atomic E-state index is 11.7. The van der Waals surface area contributed by atoms with E-state index in [1.807, 2.05) is 6.07 Å². The molecule has 1 rings (SSSR count). The first-order valence-corrected chi connectivity index (χ1v) is 7.48. The number of sulfonamides is 1. The van der Waals surface area contributed by atoms with Crippen LogP contribution in [0, 0.1) is 11.3 Å². The van der Waals surface area contributed by atoms with Crippen LogP contribution in [0.15, 0.2) is 24.3 Å². The number of amides is 1. The van der Waals surface area contributed by atoms with Crippen LogP contribution >= 0.6 is 0 Å². The molecule has 6 nitrogen and oxygen atoms in total. The van der Waals surface area contributed by atoms with E-state index in [-0.39, 0.29) is 6.54 Å². The van der Waals surface area contributed by atoms with Crippen LogP contribution in [-0.2, 0) is 14.8 Å². The van der Waals surface area contributed by atoms with Gasteiger partial charge in [-0.2, -0.15) is 5.26 Å². The van der Waals surface area contributed by atoms with E-state index in [1.54, 1.807) is 25.1 Å². The highest BCUT2D eigenvalue weighted by Crippen LogP contribution is 2.18. The summed E-state index contributed by atoms with van der Waals surface area (Å²) in [6, 6.07) is 8.04. The number of nitriles is 1. The fourth-order valence-electron chi connectivity index (χ4n) is 1.51. The number of rotatable bonds is 5. The molecule has 0 bridgehead atoms. The zero-order valence-corrected chi connectivity index (χ0v) is 11.6. The van der Waals surface area contributed by atoms with Crippen molar-refractivity contribution in [3.63, 3.8) is 0 Å². The van der Waals surface area contributed by atoms with Gasteiger partial charge in [-0.05, 0) is 25.1 Å². The molecule has 0 saturated heterocycles. The van der Waals surface area contributed by atoms with Crippen molar-refractivity contribution in [3.05, 3.63) is 29.8 Å². The van der Waals surface area contributed by atoms with Crippen LogP contribution in [0.1, 0.15) is 12.5 Å². The molecule has 102 valence electrons. The molecular weight excluding hydrogens is 266 g/mol. The Hall–Kier alpha value is -2.07. The van der Waals surface area contributed by atoms with Gasteiger partial charge in [-0.25, -0.2) is 8.42 Å². The Bertz CT molecular complexity index is 605. The molecule has 0 spiro atoms. The average Bonchev–Trinajstić information content (AvgIpc) is 2.35. The molecule has 0 heterocycles. The van der Waals surface area contributed by atoms with Crippen molar-refractivity contribution in [1.29, 1.82) is 5.26 Å². The van der Waals surface area contributed by atoms with Crippen molar-refractivity contribution >= 4 is 21.6 Å². The first-order chi connectivity index (χ1) is 8.88. The van der Waals surface area contributed by atoms with Crippen LogP contribution in [0.4, 0.5) is 5.69 Å². The van der Waals surface area contributed by atoms with Gasteiger partial charge in [0.25, 0.3) is 0 Å². The summed E-state index contributed by atoms with van der Waals surface area (Å²) in [4.78, 5) is 11.5. The van der Waals surface area contributed by atoms with Crippen molar-refractivity contribution in [1.82, 2.24) is 5.32 Å². The van der Waals surface area contributed by atoms with Gasteiger partial charge in [-0.1, -0.05) is 6.07 Å². The van der Waals surface area contributed by atoms with Gasteiger partial charge in [-0.3, -0.25) is 9.10 Å². The normalized spacial score (nSPS) is 10.6. The molecular formula is C12H15N3O3S. The number of nitrogens with zero attached hydrogens (tertiary/aromatic N) is 2. The largest absolute Gasteiger partial charge is 0.355 e. The van der Waals surface area contributed by atoms with E-state index in [4.69, 9.17) is 5.26 Å². The lowest BCUT2D eigenvalue weighted by molar-refractivity contribution is -0.119. The summed E-state index contributed by atoms with van der Waals surface area (Å²) in [7, 11) is -3.59. The molecule has 1 N–H and O–H groups in total. The monoisotopic (exact) mass is 281 g/mol. The van der Waals surface area contributed by atoms with Gasteiger partial charge in [-0.15, -0.1) is 0 Å². The van der Waals surface area contributed by atoms with Crippen molar-refractivity contribution < 1.29 is 13.2 Å². The molecule has 0 atom stereocenters. The molecule has 19 heavy (non-hydrogen) atoms. The van der Waals surface area contributed by atoms with Gasteiger partial charge in [0.2, 0.25) is 15.9 Å². The number of hydrogen-bond donors (Lipinski definition) is 1. The number of benzene rings is 1. The van der Waals surface area contributed by atoms with Gasteiger partial charge in [0.15, 0.2) is 0 Å². The van der Waals surface area contributed by atoms with Crippen LogP contribution in [0.3, 0.4) is 0 Å². The fourth-order valence-corrected chi connectivity index (χ4v) is 2.36. The van der Waals surface area contributed by atoms with E-state index in [9.17, 15) is 13.2 Å². The van der Waals surface area contributed by atoms with E-state index >= 15 is 0 Å². The van der Waals surface area contributed by atoms with E-state index in [1.165, 1.54) is 6.07 Å². The summed E-state index contributed by atoms with van der Waals surface area (Å²) in [5.41, 5.74) is 0.634. The van der Waals surface area contributed by atoms with E-state index in [0.717, 1.165) is 10.6 Å². The van der Waals surface area contributed by atoms with Crippen LogP contribution in [0.25, 0.3) is 0 Å². The summed E-state index contributed by atoms with van der Waals surface area (Å²) in [5.74, 6) is -0.393. The zero-order valence-electron chi connectivity index (χ0n) is 10.8. The Morgan fingerprint density at radius 3 is 2.68 bits per heavy atom. The van der Waals surface area contributed by atoms with Crippen LogP contribution in [0.2, 0.25) is 0 Å². The molecule has 1 amide bonds. The second kappa shape index (κ2) is 6.20. The minimum atomic E-state index is -3.59. The maximum atomic E-state index is 11.7. The zero-order chi connectivity index (χ0) is 14.5. The van der Waals surface area contributed by atoms with Crippen molar-refractivity contribution in [2.45, 2.75) is 6.92 Å². The van der Waals surface area contributed by atoms with Gasteiger partial charge < -0.3 is 5.32 Å². The molecule has 0 aliphatic carbocycles. The highest BCUT2D eigenvalue weighted by molar-refractivity contribution is 7.92. The molecule has 0 saturated carbocycles. The van der Waals surface area contributed by atoms with Gasteiger partial charge in [0.1, 0.15) is 6.54 Å². The third-order valence-corrected chi connectivity index (χ3v) is 3.47. The lowest BCUT2D eigenvalue weighted by Gasteiger charge is -2.21. The summed E-state index contributed by atoms with van der Waals surface area (Å²) in [6.07, 6.45) is 1.02. The molecule has 0 unspecified atom stereocenters. The highest BCUT2D eigenvalue weighted by Gasteiger charge is 2.20. The second-order valence-electron chi connectivity index (χ2n) is 3.89. The van der Waals surface area contributed by atoms with Crippen LogP contribution in [0.5, 0.6) is 0 Å². The van der Waals surface area contributed by atoms with E-state index in [0.29, 0.717) is 17.8 Å². The van der Waals surface area contributed by atoms with Crippen molar-refractivity contribution in [3.8, 4) is 6.07 Å². The quantitative estimate of drug-likeness (QED) is 0.849. The molecule has 0 aliphatic heterocycles.